The Morgan fingerprint density at radius 2 is 1.81 bits per heavy atom. The molecule has 1 aromatic heterocycles. The summed E-state index contributed by atoms with van der Waals surface area (Å²) >= 11 is 7.32. The predicted molar refractivity (Wildman–Crippen MR) is 115 cm³/mol. The second-order valence-corrected chi connectivity index (χ2v) is 8.15. The Labute approximate surface area is 175 Å². The van der Waals surface area contributed by atoms with E-state index < -0.39 is 0 Å². The molecule has 0 saturated heterocycles. The fraction of sp³-hybridized carbons (Fsp3) is 0.238. The summed E-state index contributed by atoms with van der Waals surface area (Å²) in [6.07, 6.45) is 0.613. The van der Waals surface area contributed by atoms with Gasteiger partial charge in [0.25, 0.3) is 0 Å². The lowest BCUT2D eigenvalue weighted by Crippen LogP contribution is -2.27. The number of amides is 1. The number of halogens is 2. The van der Waals surface area contributed by atoms with E-state index >= 15 is 0 Å². The third-order valence-electron chi connectivity index (χ3n) is 4.35. The summed E-state index contributed by atoms with van der Waals surface area (Å²) in [5, 5.41) is 3.97. The van der Waals surface area contributed by atoms with E-state index in [0.717, 1.165) is 32.1 Å². The quantitative estimate of drug-likeness (QED) is 0.480. The number of carbonyl (C=O) groups is 2. The van der Waals surface area contributed by atoms with Gasteiger partial charge < -0.3 is 9.88 Å². The second-order valence-electron chi connectivity index (χ2n) is 6.48. The number of hydrogen-bond acceptors (Lipinski definition) is 2. The molecule has 1 N–H and O–H groups in total. The molecular formula is C21H20Br2N2O2. The average molecular weight is 492 g/mol. The number of rotatable bonds is 7. The van der Waals surface area contributed by atoms with Crippen molar-refractivity contribution < 1.29 is 9.59 Å². The Bertz CT molecular complexity index is 981. The van der Waals surface area contributed by atoms with Crippen LogP contribution in [0, 0.1) is 0 Å². The molecular weight excluding hydrogens is 472 g/mol. The van der Waals surface area contributed by atoms with Crippen LogP contribution in [0.5, 0.6) is 0 Å². The molecule has 4 nitrogen and oxygen atoms in total. The van der Waals surface area contributed by atoms with Crippen LogP contribution < -0.4 is 5.32 Å². The summed E-state index contributed by atoms with van der Waals surface area (Å²) in [5.41, 5.74) is 3.50. The first-order chi connectivity index (χ1) is 13.0. The lowest BCUT2D eigenvalue weighted by molar-refractivity contribution is -0.127. The average Bonchev–Trinajstić information content (AvgIpc) is 2.87. The van der Waals surface area contributed by atoms with Gasteiger partial charge in [0, 0.05) is 28.5 Å². The molecule has 27 heavy (non-hydrogen) atoms. The summed E-state index contributed by atoms with van der Waals surface area (Å²) in [4.78, 5) is 22.8. The predicted octanol–water partition coefficient (Wildman–Crippen LogP) is 4.85. The van der Waals surface area contributed by atoms with Crippen molar-refractivity contribution in [1.29, 1.82) is 0 Å². The van der Waals surface area contributed by atoms with Crippen LogP contribution in [-0.4, -0.2) is 22.8 Å². The molecule has 0 fully saturated rings. The maximum Gasteiger partial charge on any atom is 0.227 e. The van der Waals surface area contributed by atoms with Crippen molar-refractivity contribution in [2.75, 3.05) is 6.54 Å². The standard InChI is InChI=1S/C21H20Br2N2O2/c1-14(26)11-20(27)24-10-9-17-18-12-16(22)7-8-19(18)25(21(17)23)13-15-5-3-2-4-6-15/h2-8,12H,9-11,13H2,1H3,(H,24,27). The zero-order valence-electron chi connectivity index (χ0n) is 15.0. The topological polar surface area (TPSA) is 51.1 Å². The van der Waals surface area contributed by atoms with Gasteiger partial charge in [-0.1, -0.05) is 46.3 Å². The first kappa shape index (κ1) is 19.8. The number of aromatic nitrogens is 1. The highest BCUT2D eigenvalue weighted by atomic mass is 79.9. The molecule has 140 valence electrons. The van der Waals surface area contributed by atoms with E-state index in [2.05, 4.69) is 66.0 Å². The molecule has 2 aromatic carbocycles. The van der Waals surface area contributed by atoms with Gasteiger partial charge in [0.05, 0.1) is 11.0 Å². The highest BCUT2D eigenvalue weighted by Crippen LogP contribution is 2.33. The minimum atomic E-state index is -0.229. The maximum absolute atomic E-state index is 11.7. The molecule has 0 unspecified atom stereocenters. The highest BCUT2D eigenvalue weighted by molar-refractivity contribution is 9.10. The number of benzene rings is 2. The van der Waals surface area contributed by atoms with Gasteiger partial charge in [0.1, 0.15) is 5.78 Å². The van der Waals surface area contributed by atoms with E-state index in [-0.39, 0.29) is 18.1 Å². The molecule has 0 saturated carbocycles. The van der Waals surface area contributed by atoms with Crippen molar-refractivity contribution >= 4 is 54.5 Å². The SMILES string of the molecule is CC(=O)CC(=O)NCCc1c(Br)n(Cc2ccccc2)c2ccc(Br)cc12. The minimum Gasteiger partial charge on any atom is -0.355 e. The molecule has 0 atom stereocenters. The molecule has 0 spiro atoms. The Morgan fingerprint density at radius 3 is 2.52 bits per heavy atom. The van der Waals surface area contributed by atoms with Crippen molar-refractivity contribution in [3.63, 3.8) is 0 Å². The summed E-state index contributed by atoms with van der Waals surface area (Å²) in [6, 6.07) is 16.6. The molecule has 3 rings (SSSR count). The molecule has 1 amide bonds. The van der Waals surface area contributed by atoms with E-state index in [9.17, 15) is 9.59 Å². The largest absolute Gasteiger partial charge is 0.355 e. The summed E-state index contributed by atoms with van der Waals surface area (Å²) in [5.74, 6) is -0.357. The number of nitrogens with zero attached hydrogens (tertiary/aromatic N) is 1. The number of hydrogen-bond donors (Lipinski definition) is 1. The molecule has 0 bridgehead atoms. The Morgan fingerprint density at radius 1 is 1.07 bits per heavy atom. The Hall–Kier alpha value is -1.92. The molecule has 0 aliphatic carbocycles. The van der Waals surface area contributed by atoms with E-state index in [4.69, 9.17) is 0 Å². The fourth-order valence-corrected chi connectivity index (χ4v) is 4.23. The Kier molecular flexibility index (Phi) is 6.50. The van der Waals surface area contributed by atoms with Crippen LogP contribution in [0.4, 0.5) is 0 Å². The van der Waals surface area contributed by atoms with Gasteiger partial charge in [-0.2, -0.15) is 0 Å². The normalized spacial score (nSPS) is 10.9. The first-order valence-corrected chi connectivity index (χ1v) is 10.3. The number of fused-ring (bicyclic) bond motifs is 1. The fourth-order valence-electron chi connectivity index (χ4n) is 3.14. The lowest BCUT2D eigenvalue weighted by atomic mass is 10.1. The van der Waals surface area contributed by atoms with E-state index in [1.165, 1.54) is 12.5 Å². The minimum absolute atomic E-state index is 0.0670. The summed E-state index contributed by atoms with van der Waals surface area (Å²) < 4.78 is 4.27. The highest BCUT2D eigenvalue weighted by Gasteiger charge is 2.16. The molecule has 0 radical (unpaired) electrons. The second kappa shape index (κ2) is 8.85. The van der Waals surface area contributed by atoms with Crippen LogP contribution in [-0.2, 0) is 22.6 Å². The van der Waals surface area contributed by atoms with Crippen molar-refractivity contribution in [3.8, 4) is 0 Å². The smallest absolute Gasteiger partial charge is 0.227 e. The van der Waals surface area contributed by atoms with Crippen LogP contribution in [0.15, 0.2) is 57.6 Å². The van der Waals surface area contributed by atoms with Gasteiger partial charge in [0.15, 0.2) is 0 Å². The van der Waals surface area contributed by atoms with Gasteiger partial charge in [-0.15, -0.1) is 0 Å². The van der Waals surface area contributed by atoms with Crippen LogP contribution >= 0.6 is 31.9 Å². The summed E-state index contributed by atoms with van der Waals surface area (Å²) in [7, 11) is 0. The van der Waals surface area contributed by atoms with Crippen molar-refractivity contribution in [2.24, 2.45) is 0 Å². The van der Waals surface area contributed by atoms with Crippen molar-refractivity contribution in [2.45, 2.75) is 26.3 Å². The van der Waals surface area contributed by atoms with Crippen LogP contribution in [0.1, 0.15) is 24.5 Å². The Balaban J connectivity index is 1.88. The van der Waals surface area contributed by atoms with E-state index in [0.29, 0.717) is 13.0 Å². The maximum atomic E-state index is 11.7. The zero-order valence-corrected chi connectivity index (χ0v) is 18.1. The third kappa shape index (κ3) is 4.87. The van der Waals surface area contributed by atoms with E-state index in [1.54, 1.807) is 0 Å². The van der Waals surface area contributed by atoms with Crippen LogP contribution in [0.3, 0.4) is 0 Å². The molecule has 1 heterocycles. The van der Waals surface area contributed by atoms with Gasteiger partial charge in [-0.3, -0.25) is 9.59 Å². The van der Waals surface area contributed by atoms with Gasteiger partial charge >= 0.3 is 0 Å². The van der Waals surface area contributed by atoms with Crippen molar-refractivity contribution in [3.05, 3.63) is 68.7 Å². The van der Waals surface area contributed by atoms with Gasteiger partial charge in [-0.05, 0) is 58.6 Å². The third-order valence-corrected chi connectivity index (χ3v) is 5.75. The number of ketones is 1. The number of carbonyl (C=O) groups excluding carboxylic acids is 2. The lowest BCUT2D eigenvalue weighted by Gasteiger charge is -2.08. The van der Waals surface area contributed by atoms with E-state index in [1.807, 2.05) is 24.3 Å². The number of nitrogens with one attached hydrogen (secondary N) is 1. The van der Waals surface area contributed by atoms with Crippen LogP contribution in [0.2, 0.25) is 0 Å². The monoisotopic (exact) mass is 490 g/mol. The van der Waals surface area contributed by atoms with Crippen LogP contribution in [0.25, 0.3) is 10.9 Å². The first-order valence-electron chi connectivity index (χ1n) is 8.72. The molecule has 0 aliphatic rings. The van der Waals surface area contributed by atoms with Gasteiger partial charge in [0.2, 0.25) is 5.91 Å². The van der Waals surface area contributed by atoms with Gasteiger partial charge in [-0.25, -0.2) is 0 Å². The zero-order chi connectivity index (χ0) is 19.4. The molecule has 0 aliphatic heterocycles. The number of Topliss-reactive ketones (excluding diaryl/α,β-unsaturated/α-hetero) is 1. The molecule has 6 heteroatoms. The summed E-state index contributed by atoms with van der Waals surface area (Å²) in [6.45, 7) is 2.67. The molecule has 3 aromatic rings. The van der Waals surface area contributed by atoms with Crippen molar-refractivity contribution in [1.82, 2.24) is 9.88 Å².